The third-order valence-corrected chi connectivity index (χ3v) is 3.67. The molecule has 1 unspecified atom stereocenters. The van der Waals surface area contributed by atoms with Crippen LogP contribution < -0.4 is 0 Å². The lowest BCUT2D eigenvalue weighted by Gasteiger charge is -2.29. The molecule has 0 aliphatic carbocycles. The number of aliphatic hydroxyl groups excluding tert-OH is 1. The van der Waals surface area contributed by atoms with Gasteiger partial charge in [0.1, 0.15) is 5.76 Å². The summed E-state index contributed by atoms with van der Waals surface area (Å²) in [5, 5.41) is 9.64. The molecular weight excluding hydrogens is 276 g/mol. The average Bonchev–Trinajstić information content (AvgIpc) is 3.02. The number of nitrogens with zero attached hydrogens (tertiary/aromatic N) is 2. The Bertz CT molecular complexity index is 560. The van der Waals surface area contributed by atoms with Crippen LogP contribution in [0.2, 0.25) is 0 Å². The van der Waals surface area contributed by atoms with Gasteiger partial charge >= 0.3 is 0 Å². The maximum atomic E-state index is 9.64. The zero-order valence-corrected chi connectivity index (χ0v) is 13.3. The summed E-state index contributed by atoms with van der Waals surface area (Å²) in [4.78, 5) is 6.65. The molecule has 2 aromatic heterocycles. The number of rotatable bonds is 8. The number of aliphatic hydroxyl groups is 1. The Hall–Kier alpha value is -1.91. The first kappa shape index (κ1) is 16.5. The van der Waals surface area contributed by atoms with Crippen LogP contribution in [0, 0.1) is 0 Å². The molecule has 0 fully saturated rings. The van der Waals surface area contributed by atoms with Gasteiger partial charge in [0.15, 0.2) is 0 Å². The van der Waals surface area contributed by atoms with Crippen LogP contribution in [0.5, 0.6) is 0 Å². The van der Waals surface area contributed by atoms with Crippen LogP contribution in [-0.4, -0.2) is 34.2 Å². The molecule has 1 N–H and O–H groups in total. The highest BCUT2D eigenvalue weighted by molar-refractivity contribution is 5.46. The van der Waals surface area contributed by atoms with Crippen LogP contribution in [0.1, 0.15) is 31.7 Å². The van der Waals surface area contributed by atoms with Gasteiger partial charge in [-0.05, 0) is 43.7 Å². The summed E-state index contributed by atoms with van der Waals surface area (Å²) >= 11 is 0. The van der Waals surface area contributed by atoms with E-state index >= 15 is 0 Å². The minimum Gasteiger partial charge on any atom is -0.465 e. The first-order valence-electron chi connectivity index (χ1n) is 7.68. The molecule has 4 nitrogen and oxygen atoms in total. The summed E-state index contributed by atoms with van der Waals surface area (Å²) in [6.07, 6.45) is 6.42. The van der Waals surface area contributed by atoms with Crippen LogP contribution in [0.25, 0.3) is 6.08 Å². The quantitative estimate of drug-likeness (QED) is 0.812. The minimum atomic E-state index is 0.127. The molecule has 0 bridgehead atoms. The number of hydrogen-bond acceptors (Lipinski definition) is 4. The Kier molecular flexibility index (Phi) is 6.37. The Morgan fingerprint density at radius 3 is 2.82 bits per heavy atom. The fraction of sp³-hybridized carbons (Fsp3) is 0.389. The third kappa shape index (κ3) is 4.83. The second-order valence-corrected chi connectivity index (χ2v) is 5.48. The molecular formula is C18H24N2O2. The average molecular weight is 300 g/mol. The van der Waals surface area contributed by atoms with Gasteiger partial charge in [0, 0.05) is 25.3 Å². The van der Waals surface area contributed by atoms with Crippen molar-refractivity contribution in [1.82, 2.24) is 9.88 Å². The molecule has 1 atom stereocenters. The smallest absolute Gasteiger partial charge is 0.126 e. The van der Waals surface area contributed by atoms with Crippen molar-refractivity contribution >= 4 is 6.08 Å². The topological polar surface area (TPSA) is 49.5 Å². The molecule has 4 heteroatoms. The van der Waals surface area contributed by atoms with Crippen molar-refractivity contribution in [2.75, 3.05) is 13.2 Å². The highest BCUT2D eigenvalue weighted by Gasteiger charge is 2.17. The van der Waals surface area contributed by atoms with Gasteiger partial charge in [-0.3, -0.25) is 9.88 Å². The van der Waals surface area contributed by atoms with Crippen molar-refractivity contribution in [2.45, 2.75) is 32.9 Å². The standard InChI is InChI=1S/C18H24N2O2/c1-3-17(14-21)20(13-16-7-4-5-9-19-16)12-15(2)11-18-8-6-10-22-18/h4-11,17,21H,3,12-14H2,1-2H3/b15-11+. The normalized spacial score (nSPS) is 13.5. The van der Waals surface area contributed by atoms with E-state index in [4.69, 9.17) is 4.42 Å². The van der Waals surface area contributed by atoms with Crippen molar-refractivity contribution < 1.29 is 9.52 Å². The van der Waals surface area contributed by atoms with Gasteiger partial charge in [0.25, 0.3) is 0 Å². The van der Waals surface area contributed by atoms with Crippen molar-refractivity contribution in [2.24, 2.45) is 0 Å². The monoisotopic (exact) mass is 300 g/mol. The molecule has 2 rings (SSSR count). The molecule has 0 radical (unpaired) electrons. The summed E-state index contributed by atoms with van der Waals surface area (Å²) in [6, 6.07) is 9.87. The van der Waals surface area contributed by atoms with E-state index in [0.29, 0.717) is 0 Å². The van der Waals surface area contributed by atoms with Gasteiger partial charge < -0.3 is 9.52 Å². The van der Waals surface area contributed by atoms with Crippen molar-refractivity contribution in [3.63, 3.8) is 0 Å². The second-order valence-electron chi connectivity index (χ2n) is 5.48. The van der Waals surface area contributed by atoms with E-state index in [2.05, 4.69) is 23.7 Å². The first-order chi connectivity index (χ1) is 10.7. The van der Waals surface area contributed by atoms with E-state index in [1.54, 1.807) is 12.5 Å². The summed E-state index contributed by atoms with van der Waals surface area (Å²) in [5.41, 5.74) is 2.21. The summed E-state index contributed by atoms with van der Waals surface area (Å²) < 4.78 is 5.36. The maximum absolute atomic E-state index is 9.64. The van der Waals surface area contributed by atoms with Crippen LogP contribution in [-0.2, 0) is 6.54 Å². The van der Waals surface area contributed by atoms with Gasteiger partial charge in [-0.1, -0.05) is 18.6 Å². The number of aromatic nitrogens is 1. The number of furan rings is 1. The summed E-state index contributed by atoms with van der Waals surface area (Å²) in [6.45, 7) is 5.83. The van der Waals surface area contributed by atoms with Gasteiger partial charge in [-0.25, -0.2) is 0 Å². The van der Waals surface area contributed by atoms with Gasteiger partial charge in [0.2, 0.25) is 0 Å². The Morgan fingerprint density at radius 1 is 1.36 bits per heavy atom. The highest BCUT2D eigenvalue weighted by atomic mass is 16.3. The predicted molar refractivity (Wildman–Crippen MR) is 88.2 cm³/mol. The lowest BCUT2D eigenvalue weighted by Crippen LogP contribution is -2.38. The number of hydrogen-bond donors (Lipinski definition) is 1. The third-order valence-electron chi connectivity index (χ3n) is 3.67. The fourth-order valence-electron chi connectivity index (χ4n) is 2.50. The molecule has 0 spiro atoms. The van der Waals surface area contributed by atoms with Crippen LogP contribution in [0.4, 0.5) is 0 Å². The lowest BCUT2D eigenvalue weighted by atomic mass is 10.1. The van der Waals surface area contributed by atoms with E-state index in [0.717, 1.165) is 31.0 Å². The van der Waals surface area contributed by atoms with E-state index in [1.165, 1.54) is 5.57 Å². The Balaban J connectivity index is 2.10. The molecule has 0 saturated heterocycles. The Morgan fingerprint density at radius 2 is 2.23 bits per heavy atom. The summed E-state index contributed by atoms with van der Waals surface area (Å²) in [7, 11) is 0. The largest absolute Gasteiger partial charge is 0.465 e. The van der Waals surface area contributed by atoms with Crippen LogP contribution >= 0.6 is 0 Å². The molecule has 0 amide bonds. The van der Waals surface area contributed by atoms with Crippen molar-refractivity contribution in [3.8, 4) is 0 Å². The van der Waals surface area contributed by atoms with E-state index < -0.39 is 0 Å². The van der Waals surface area contributed by atoms with Crippen molar-refractivity contribution in [1.29, 1.82) is 0 Å². The highest BCUT2D eigenvalue weighted by Crippen LogP contribution is 2.14. The second kappa shape index (κ2) is 8.51. The van der Waals surface area contributed by atoms with Crippen molar-refractivity contribution in [3.05, 3.63) is 59.8 Å². The SMILES string of the molecule is CCC(CO)N(C/C(C)=C/c1ccco1)Cc1ccccn1. The molecule has 0 saturated carbocycles. The number of pyridine rings is 1. The molecule has 2 aromatic rings. The molecule has 0 aliphatic rings. The van der Waals surface area contributed by atoms with Gasteiger partial charge in [-0.2, -0.15) is 0 Å². The zero-order valence-electron chi connectivity index (χ0n) is 13.3. The zero-order chi connectivity index (χ0) is 15.8. The van der Waals surface area contributed by atoms with Crippen LogP contribution in [0.15, 0.2) is 52.8 Å². The molecule has 22 heavy (non-hydrogen) atoms. The van der Waals surface area contributed by atoms with Gasteiger partial charge in [-0.15, -0.1) is 0 Å². The Labute approximate surface area is 132 Å². The van der Waals surface area contributed by atoms with E-state index in [9.17, 15) is 5.11 Å². The van der Waals surface area contributed by atoms with Gasteiger partial charge in [0.05, 0.1) is 18.6 Å². The maximum Gasteiger partial charge on any atom is 0.126 e. The van der Waals surface area contributed by atoms with E-state index in [-0.39, 0.29) is 12.6 Å². The first-order valence-corrected chi connectivity index (χ1v) is 7.68. The molecule has 0 aromatic carbocycles. The molecule has 0 aliphatic heterocycles. The molecule has 2 heterocycles. The fourth-order valence-corrected chi connectivity index (χ4v) is 2.50. The van der Waals surface area contributed by atoms with E-state index in [1.807, 2.05) is 36.4 Å². The van der Waals surface area contributed by atoms with Crippen LogP contribution in [0.3, 0.4) is 0 Å². The lowest BCUT2D eigenvalue weighted by molar-refractivity contribution is 0.121. The summed E-state index contributed by atoms with van der Waals surface area (Å²) in [5.74, 6) is 0.854. The minimum absolute atomic E-state index is 0.127. The predicted octanol–water partition coefficient (Wildman–Crippen LogP) is 3.35. The molecule has 118 valence electrons.